The van der Waals surface area contributed by atoms with Crippen molar-refractivity contribution in [1.82, 2.24) is 34.4 Å². The minimum Gasteiger partial charge on any atom is -0.471 e. The highest BCUT2D eigenvalue weighted by molar-refractivity contribution is 5.88. The molecule has 2 aromatic rings. The third kappa shape index (κ3) is 6.77. The van der Waals surface area contributed by atoms with E-state index in [1.807, 2.05) is 31.9 Å². The first kappa shape index (κ1) is 26.4. The van der Waals surface area contributed by atoms with Crippen LogP contribution < -0.4 is 10.6 Å². The number of nitrogens with zero attached hydrogens (tertiary/aromatic N) is 7. The molecule has 2 aliphatic rings. The van der Waals surface area contributed by atoms with Gasteiger partial charge in [0.25, 0.3) is 5.91 Å². The summed E-state index contributed by atoms with van der Waals surface area (Å²) in [5, 5.41) is 10.3. The summed E-state index contributed by atoms with van der Waals surface area (Å²) < 4.78 is 47.5. The Bertz CT molecular complexity index is 1160. The fraction of sp³-hybridized carbons (Fsp3) is 0.478. The molecule has 4 heterocycles. The molecule has 0 spiro atoms. The molecule has 1 saturated heterocycles. The zero-order valence-corrected chi connectivity index (χ0v) is 20.9. The van der Waals surface area contributed by atoms with Crippen LogP contribution in [0.2, 0.25) is 0 Å². The van der Waals surface area contributed by atoms with Crippen molar-refractivity contribution in [2.75, 3.05) is 57.6 Å². The van der Waals surface area contributed by atoms with E-state index in [1.54, 1.807) is 0 Å². The molecular formula is C23H30F3N9O2. The van der Waals surface area contributed by atoms with E-state index in [4.69, 9.17) is 4.74 Å². The van der Waals surface area contributed by atoms with E-state index in [0.717, 1.165) is 26.0 Å². The predicted molar refractivity (Wildman–Crippen MR) is 131 cm³/mol. The van der Waals surface area contributed by atoms with E-state index in [1.165, 1.54) is 29.7 Å². The summed E-state index contributed by atoms with van der Waals surface area (Å²) in [5.41, 5.74) is 0.346. The van der Waals surface area contributed by atoms with Gasteiger partial charge in [-0.25, -0.2) is 4.98 Å². The lowest BCUT2D eigenvalue weighted by atomic mass is 10.1. The standard InChI is InChI=1S/C23H30F3N9O2/c1-16-19(14-35(31-16)17-12-33(13-17)15-32(2)3)29-22-28-11-18(23(24,25)26)21(30-22)27-6-4-7-34-8-10-37-9-5-20(34)36/h5,8-11,14,17H,4,6-7,12-13,15H2,1-3H3,(H2,27,28,29,30). The van der Waals surface area contributed by atoms with Gasteiger partial charge in [0.1, 0.15) is 17.6 Å². The van der Waals surface area contributed by atoms with E-state index in [2.05, 4.69) is 35.5 Å². The number of carbonyl (C=O) groups is 1. The quantitative estimate of drug-likeness (QED) is 0.457. The van der Waals surface area contributed by atoms with Crippen molar-refractivity contribution in [2.45, 2.75) is 25.6 Å². The van der Waals surface area contributed by atoms with Gasteiger partial charge < -0.3 is 20.3 Å². The maximum absolute atomic E-state index is 13.6. The Labute approximate surface area is 212 Å². The average molecular weight is 522 g/mol. The van der Waals surface area contributed by atoms with Crippen LogP contribution in [-0.4, -0.2) is 87.3 Å². The summed E-state index contributed by atoms with van der Waals surface area (Å²) in [6, 6.07) is 0.230. The topological polar surface area (TPSA) is 104 Å². The summed E-state index contributed by atoms with van der Waals surface area (Å²) in [7, 11) is 4.03. The van der Waals surface area contributed by atoms with Crippen molar-refractivity contribution >= 4 is 23.4 Å². The number of carbonyl (C=O) groups excluding carboxylic acids is 1. The minimum atomic E-state index is -4.63. The van der Waals surface area contributed by atoms with Crippen molar-refractivity contribution in [2.24, 2.45) is 0 Å². The molecule has 0 radical (unpaired) electrons. The minimum absolute atomic E-state index is 0.0221. The van der Waals surface area contributed by atoms with Crippen molar-refractivity contribution in [3.05, 3.63) is 48.5 Å². The zero-order chi connectivity index (χ0) is 26.6. The third-order valence-electron chi connectivity index (χ3n) is 5.81. The number of halogens is 3. The van der Waals surface area contributed by atoms with Crippen LogP contribution in [0.4, 0.5) is 30.6 Å². The summed E-state index contributed by atoms with van der Waals surface area (Å²) >= 11 is 0. The van der Waals surface area contributed by atoms with Gasteiger partial charge in [0.05, 0.1) is 30.4 Å². The van der Waals surface area contributed by atoms with E-state index >= 15 is 0 Å². The van der Waals surface area contributed by atoms with Crippen LogP contribution in [-0.2, 0) is 15.7 Å². The zero-order valence-electron chi connectivity index (χ0n) is 20.9. The molecule has 0 unspecified atom stereocenters. The number of hydrogen-bond acceptors (Lipinski definition) is 9. The van der Waals surface area contributed by atoms with Crippen LogP contribution in [0, 0.1) is 6.92 Å². The molecule has 14 heteroatoms. The lowest BCUT2D eigenvalue weighted by Crippen LogP contribution is -2.51. The van der Waals surface area contributed by atoms with Gasteiger partial charge >= 0.3 is 6.18 Å². The van der Waals surface area contributed by atoms with E-state index < -0.39 is 11.7 Å². The second-order valence-electron chi connectivity index (χ2n) is 9.13. The molecule has 2 aliphatic heterocycles. The molecule has 0 aromatic carbocycles. The average Bonchev–Trinajstić information content (AvgIpc) is 3.01. The molecule has 1 fully saturated rings. The van der Waals surface area contributed by atoms with Gasteiger partial charge in [-0.15, -0.1) is 0 Å². The Kier molecular flexibility index (Phi) is 7.97. The van der Waals surface area contributed by atoms with Gasteiger partial charge in [-0.2, -0.15) is 23.3 Å². The number of aromatic nitrogens is 4. The van der Waals surface area contributed by atoms with E-state index in [9.17, 15) is 18.0 Å². The van der Waals surface area contributed by atoms with Crippen LogP contribution in [0.25, 0.3) is 0 Å². The first-order valence-corrected chi connectivity index (χ1v) is 11.8. The Morgan fingerprint density at radius 1 is 1.24 bits per heavy atom. The third-order valence-corrected chi connectivity index (χ3v) is 5.81. The highest BCUT2D eigenvalue weighted by Crippen LogP contribution is 2.34. The summed E-state index contributed by atoms with van der Waals surface area (Å²) in [6.07, 6.45) is 3.70. The summed E-state index contributed by atoms with van der Waals surface area (Å²) in [5.74, 6) is -0.593. The number of nitrogens with one attached hydrogen (secondary N) is 2. The van der Waals surface area contributed by atoms with E-state index in [-0.39, 0.29) is 30.3 Å². The second-order valence-corrected chi connectivity index (χ2v) is 9.13. The molecule has 1 amide bonds. The molecular weight excluding hydrogens is 491 g/mol. The Morgan fingerprint density at radius 3 is 2.76 bits per heavy atom. The lowest BCUT2D eigenvalue weighted by Gasteiger charge is -2.40. The van der Waals surface area contributed by atoms with Crippen molar-refractivity contribution in [3.63, 3.8) is 0 Å². The van der Waals surface area contributed by atoms with Crippen molar-refractivity contribution in [1.29, 1.82) is 0 Å². The molecule has 0 aliphatic carbocycles. The molecule has 0 saturated carbocycles. The van der Waals surface area contributed by atoms with Crippen LogP contribution in [0.5, 0.6) is 0 Å². The first-order chi connectivity index (χ1) is 17.6. The van der Waals surface area contributed by atoms with Gasteiger partial charge in [-0.05, 0) is 27.4 Å². The van der Waals surface area contributed by atoms with Crippen LogP contribution in [0.3, 0.4) is 0 Å². The van der Waals surface area contributed by atoms with Gasteiger partial charge in [-0.1, -0.05) is 0 Å². The number of aryl methyl sites for hydroxylation is 1. The molecule has 2 aromatic heterocycles. The molecule has 200 valence electrons. The molecule has 2 N–H and O–H groups in total. The Balaban J connectivity index is 1.40. The SMILES string of the molecule is Cc1nn(C2CN(CN(C)C)C2)cc1Nc1ncc(C(F)(F)F)c(NCCCN2C=COC=CC2=O)n1. The Hall–Kier alpha value is -3.65. The molecule has 0 bridgehead atoms. The number of rotatable bonds is 10. The van der Waals surface area contributed by atoms with Crippen LogP contribution in [0.1, 0.15) is 23.7 Å². The largest absolute Gasteiger partial charge is 0.471 e. The summed E-state index contributed by atoms with van der Waals surface area (Å²) in [6.45, 7) is 4.87. The number of ether oxygens (including phenoxy) is 1. The maximum atomic E-state index is 13.6. The van der Waals surface area contributed by atoms with Crippen LogP contribution in [0.15, 0.2) is 37.2 Å². The smallest absolute Gasteiger partial charge is 0.421 e. The molecule has 4 rings (SSSR count). The second kappa shape index (κ2) is 11.2. The Morgan fingerprint density at radius 2 is 2.03 bits per heavy atom. The highest BCUT2D eigenvalue weighted by Gasteiger charge is 2.35. The van der Waals surface area contributed by atoms with Gasteiger partial charge in [0, 0.05) is 50.8 Å². The van der Waals surface area contributed by atoms with Gasteiger partial charge in [0.15, 0.2) is 0 Å². The van der Waals surface area contributed by atoms with Gasteiger partial charge in [0.2, 0.25) is 5.95 Å². The number of alkyl halides is 3. The number of amides is 1. The summed E-state index contributed by atoms with van der Waals surface area (Å²) in [4.78, 5) is 25.7. The highest BCUT2D eigenvalue weighted by atomic mass is 19.4. The fourth-order valence-corrected chi connectivity index (χ4v) is 3.98. The fourth-order valence-electron chi connectivity index (χ4n) is 3.98. The predicted octanol–water partition coefficient (Wildman–Crippen LogP) is 2.77. The normalized spacial score (nSPS) is 16.6. The van der Waals surface area contributed by atoms with Crippen molar-refractivity contribution in [3.8, 4) is 0 Å². The molecule has 0 atom stereocenters. The lowest BCUT2D eigenvalue weighted by molar-refractivity contribution is -0.137. The van der Waals surface area contributed by atoms with Crippen molar-refractivity contribution < 1.29 is 22.7 Å². The van der Waals surface area contributed by atoms with Crippen LogP contribution >= 0.6 is 0 Å². The molecule has 37 heavy (non-hydrogen) atoms. The van der Waals surface area contributed by atoms with Gasteiger partial charge in [-0.3, -0.25) is 19.3 Å². The number of hydrogen-bond donors (Lipinski definition) is 2. The first-order valence-electron chi connectivity index (χ1n) is 11.8. The number of likely N-dealkylation sites (tertiary alicyclic amines) is 1. The maximum Gasteiger partial charge on any atom is 0.421 e. The molecule has 11 nitrogen and oxygen atoms in total. The van der Waals surface area contributed by atoms with E-state index in [0.29, 0.717) is 24.3 Å². The monoisotopic (exact) mass is 521 g/mol. The number of anilines is 3.